The van der Waals surface area contributed by atoms with E-state index in [9.17, 15) is 9.59 Å². The Kier molecular flexibility index (Phi) is 4.63. The van der Waals surface area contributed by atoms with Crippen LogP contribution < -0.4 is 0 Å². The highest BCUT2D eigenvalue weighted by Gasteiger charge is 2.07. The van der Waals surface area contributed by atoms with E-state index in [1.807, 2.05) is 13.0 Å². The Hall–Kier alpha value is -1.91. The van der Waals surface area contributed by atoms with E-state index in [1.54, 1.807) is 6.20 Å². The Morgan fingerprint density at radius 3 is 2.18 bits per heavy atom. The molecule has 0 aliphatic carbocycles. The largest absolute Gasteiger partial charge is 0.461 e. The Labute approximate surface area is 99.8 Å². The minimum absolute atomic E-state index is 0.138. The minimum Gasteiger partial charge on any atom is -0.461 e. The van der Waals surface area contributed by atoms with Crippen molar-refractivity contribution in [2.75, 3.05) is 0 Å². The summed E-state index contributed by atoms with van der Waals surface area (Å²) in [6, 6.07) is 1.81. The Morgan fingerprint density at radius 1 is 1.12 bits per heavy atom. The van der Waals surface area contributed by atoms with Crippen molar-refractivity contribution in [1.82, 2.24) is 4.98 Å². The lowest BCUT2D eigenvalue weighted by atomic mass is 10.1. The normalized spacial score (nSPS) is 9.82. The van der Waals surface area contributed by atoms with Crippen molar-refractivity contribution in [3.8, 4) is 0 Å². The van der Waals surface area contributed by atoms with Gasteiger partial charge in [-0.2, -0.15) is 0 Å². The van der Waals surface area contributed by atoms with Crippen LogP contribution in [0.3, 0.4) is 0 Å². The van der Waals surface area contributed by atoms with Crippen LogP contribution in [0.1, 0.15) is 30.7 Å². The molecule has 0 amide bonds. The number of esters is 2. The highest BCUT2D eigenvalue weighted by Crippen LogP contribution is 2.12. The summed E-state index contributed by atoms with van der Waals surface area (Å²) >= 11 is 0. The number of nitrogens with zero attached hydrogens (tertiary/aromatic N) is 1. The fourth-order valence-corrected chi connectivity index (χ4v) is 1.27. The number of rotatable bonds is 4. The van der Waals surface area contributed by atoms with Gasteiger partial charge < -0.3 is 9.47 Å². The highest BCUT2D eigenvalue weighted by molar-refractivity contribution is 5.66. The van der Waals surface area contributed by atoms with Crippen LogP contribution in [0.5, 0.6) is 0 Å². The summed E-state index contributed by atoms with van der Waals surface area (Å²) in [6.45, 7) is 4.83. The number of carbonyl (C=O) groups is 2. The number of ether oxygens (including phenoxy) is 2. The second kappa shape index (κ2) is 5.98. The smallest absolute Gasteiger partial charge is 0.302 e. The van der Waals surface area contributed by atoms with Crippen molar-refractivity contribution >= 4 is 11.9 Å². The number of aromatic nitrogens is 1. The summed E-state index contributed by atoms with van der Waals surface area (Å²) in [7, 11) is 0. The molecule has 1 rings (SSSR count). The second-order valence-corrected chi connectivity index (χ2v) is 3.65. The summed E-state index contributed by atoms with van der Waals surface area (Å²) in [5.41, 5.74) is 2.36. The molecule has 0 aliphatic heterocycles. The first-order valence-electron chi connectivity index (χ1n) is 5.20. The molecule has 0 aromatic carbocycles. The number of carbonyl (C=O) groups excluding carboxylic acids is 2. The quantitative estimate of drug-likeness (QED) is 0.743. The molecule has 17 heavy (non-hydrogen) atoms. The molecule has 0 unspecified atom stereocenters. The molecule has 1 heterocycles. The van der Waals surface area contributed by atoms with E-state index in [0.717, 1.165) is 16.8 Å². The number of aryl methyl sites for hydroxylation is 1. The molecule has 1 aromatic heterocycles. The zero-order valence-electron chi connectivity index (χ0n) is 10.1. The van der Waals surface area contributed by atoms with Crippen molar-refractivity contribution in [3.05, 3.63) is 29.1 Å². The van der Waals surface area contributed by atoms with Gasteiger partial charge in [-0.15, -0.1) is 0 Å². The zero-order valence-corrected chi connectivity index (χ0v) is 10.1. The first-order chi connectivity index (χ1) is 7.99. The van der Waals surface area contributed by atoms with Gasteiger partial charge in [-0.25, -0.2) is 0 Å². The molecule has 0 radical (unpaired) electrons. The minimum atomic E-state index is -0.357. The molecule has 0 aliphatic rings. The standard InChI is InChI=1S/C12H15NO4/c1-8-4-11(6-16-9(2)14)12(5-13-8)7-17-10(3)15/h4-5H,6-7H2,1-3H3. The molecule has 0 fully saturated rings. The second-order valence-electron chi connectivity index (χ2n) is 3.65. The van der Waals surface area contributed by atoms with E-state index in [2.05, 4.69) is 4.98 Å². The van der Waals surface area contributed by atoms with E-state index < -0.39 is 0 Å². The predicted octanol–water partition coefficient (Wildman–Crippen LogP) is 1.52. The van der Waals surface area contributed by atoms with Crippen LogP contribution in [0.2, 0.25) is 0 Å². The van der Waals surface area contributed by atoms with Crippen LogP contribution in [0.25, 0.3) is 0 Å². The Bertz CT molecular complexity index is 429. The van der Waals surface area contributed by atoms with Gasteiger partial charge in [-0.05, 0) is 18.6 Å². The van der Waals surface area contributed by atoms with E-state index >= 15 is 0 Å². The lowest BCUT2D eigenvalue weighted by molar-refractivity contribution is -0.143. The average molecular weight is 237 g/mol. The van der Waals surface area contributed by atoms with Gasteiger partial charge in [0.25, 0.3) is 0 Å². The summed E-state index contributed by atoms with van der Waals surface area (Å²) in [5, 5.41) is 0. The van der Waals surface area contributed by atoms with Crippen molar-refractivity contribution in [3.63, 3.8) is 0 Å². The third kappa shape index (κ3) is 4.63. The van der Waals surface area contributed by atoms with Crippen molar-refractivity contribution < 1.29 is 19.1 Å². The SMILES string of the molecule is CC(=O)OCc1cnc(C)cc1COC(C)=O. The first kappa shape index (κ1) is 13.2. The molecular weight excluding hydrogens is 222 g/mol. The van der Waals surface area contributed by atoms with Crippen LogP contribution in [-0.2, 0) is 32.3 Å². The van der Waals surface area contributed by atoms with Gasteiger partial charge >= 0.3 is 11.9 Å². The number of hydrogen-bond acceptors (Lipinski definition) is 5. The maximum Gasteiger partial charge on any atom is 0.302 e. The predicted molar refractivity (Wildman–Crippen MR) is 59.9 cm³/mol. The summed E-state index contributed by atoms with van der Waals surface area (Å²) in [4.78, 5) is 25.6. The summed E-state index contributed by atoms with van der Waals surface area (Å²) < 4.78 is 9.82. The molecule has 0 spiro atoms. The molecule has 0 N–H and O–H groups in total. The monoisotopic (exact) mass is 237 g/mol. The van der Waals surface area contributed by atoms with Crippen molar-refractivity contribution in [2.24, 2.45) is 0 Å². The topological polar surface area (TPSA) is 65.5 Å². The molecule has 0 bridgehead atoms. The lowest BCUT2D eigenvalue weighted by Crippen LogP contribution is -2.06. The van der Waals surface area contributed by atoms with Crippen molar-refractivity contribution in [2.45, 2.75) is 34.0 Å². The maximum absolute atomic E-state index is 10.8. The van der Waals surface area contributed by atoms with Crippen LogP contribution >= 0.6 is 0 Å². The van der Waals surface area contributed by atoms with Gasteiger partial charge in [0.15, 0.2) is 0 Å². The van der Waals surface area contributed by atoms with Crippen LogP contribution in [-0.4, -0.2) is 16.9 Å². The fraction of sp³-hybridized carbons (Fsp3) is 0.417. The Balaban J connectivity index is 2.79. The molecule has 5 heteroatoms. The molecule has 92 valence electrons. The molecule has 0 saturated heterocycles. The van der Waals surface area contributed by atoms with E-state index in [-0.39, 0.29) is 25.2 Å². The molecular formula is C12H15NO4. The number of pyridine rings is 1. The van der Waals surface area contributed by atoms with Crippen LogP contribution in [0, 0.1) is 6.92 Å². The summed E-state index contributed by atoms with van der Waals surface area (Å²) in [6.07, 6.45) is 1.62. The van der Waals surface area contributed by atoms with Gasteiger partial charge in [-0.3, -0.25) is 14.6 Å². The molecule has 0 atom stereocenters. The van der Waals surface area contributed by atoms with Gasteiger partial charge in [0.05, 0.1) is 0 Å². The van der Waals surface area contributed by atoms with Crippen molar-refractivity contribution in [1.29, 1.82) is 0 Å². The molecule has 0 saturated carbocycles. The van der Waals surface area contributed by atoms with Crippen LogP contribution in [0.15, 0.2) is 12.3 Å². The van der Waals surface area contributed by atoms with E-state index in [1.165, 1.54) is 13.8 Å². The first-order valence-corrected chi connectivity index (χ1v) is 5.20. The molecule has 5 nitrogen and oxygen atoms in total. The van der Waals surface area contributed by atoms with Gasteiger partial charge in [-0.1, -0.05) is 0 Å². The highest BCUT2D eigenvalue weighted by atomic mass is 16.5. The van der Waals surface area contributed by atoms with Crippen LogP contribution in [0.4, 0.5) is 0 Å². The Morgan fingerprint density at radius 2 is 1.65 bits per heavy atom. The number of hydrogen-bond donors (Lipinski definition) is 0. The third-order valence-corrected chi connectivity index (χ3v) is 2.08. The fourth-order valence-electron chi connectivity index (χ4n) is 1.27. The molecule has 1 aromatic rings. The van der Waals surface area contributed by atoms with Gasteiger partial charge in [0.1, 0.15) is 13.2 Å². The zero-order chi connectivity index (χ0) is 12.8. The van der Waals surface area contributed by atoms with E-state index in [0.29, 0.717) is 0 Å². The summed E-state index contributed by atoms with van der Waals surface area (Å²) in [5.74, 6) is -0.707. The maximum atomic E-state index is 10.8. The van der Waals surface area contributed by atoms with E-state index in [4.69, 9.17) is 9.47 Å². The average Bonchev–Trinajstić information content (AvgIpc) is 2.24. The van der Waals surface area contributed by atoms with Gasteiger partial charge in [0.2, 0.25) is 0 Å². The third-order valence-electron chi connectivity index (χ3n) is 2.08. The van der Waals surface area contributed by atoms with Gasteiger partial charge in [0, 0.05) is 31.3 Å². The lowest BCUT2D eigenvalue weighted by Gasteiger charge is -2.10.